The van der Waals surface area contributed by atoms with Crippen LogP contribution in [0.15, 0.2) is 83.8 Å². The van der Waals surface area contributed by atoms with Gasteiger partial charge in [0, 0.05) is 0 Å². The molecule has 1 amide bonds. The number of likely N-dealkylation sites (tertiary alicyclic amines) is 1. The van der Waals surface area contributed by atoms with Gasteiger partial charge < -0.3 is 0 Å². The van der Waals surface area contributed by atoms with E-state index in [-0.39, 0.29) is 30.7 Å². The van der Waals surface area contributed by atoms with E-state index in [1.54, 1.807) is 29.2 Å². The maximum absolute atomic E-state index is 13.9. The van der Waals surface area contributed by atoms with Crippen LogP contribution in [0.5, 0.6) is 0 Å². The average Bonchev–Trinajstić information content (AvgIpc) is 3.33. The summed E-state index contributed by atoms with van der Waals surface area (Å²) in [4.78, 5) is 14.8. The number of nitrogens with zero attached hydrogens (tertiary/aromatic N) is 2. The summed E-state index contributed by atoms with van der Waals surface area (Å²) in [6, 6.07) is 24.5. The van der Waals surface area contributed by atoms with Gasteiger partial charge in [-0.3, -0.25) is 0 Å². The zero-order valence-corrected chi connectivity index (χ0v) is 20.8. The minimum absolute atomic E-state index is 0.0615. The summed E-state index contributed by atoms with van der Waals surface area (Å²) in [5, 5.41) is 0. The topological polar surface area (TPSA) is 66.9 Å². The monoisotopic (exact) mass is 528 g/mol. The maximum atomic E-state index is 13.9. The van der Waals surface area contributed by atoms with Crippen molar-refractivity contribution in [1.82, 2.24) is 4.90 Å². The molecule has 2 heterocycles. The van der Waals surface area contributed by atoms with Crippen molar-refractivity contribution in [3.05, 3.63) is 90.0 Å². The van der Waals surface area contributed by atoms with Gasteiger partial charge in [-0.25, -0.2) is 0 Å². The second-order valence-corrected chi connectivity index (χ2v) is 12.6. The van der Waals surface area contributed by atoms with Gasteiger partial charge >= 0.3 is 201 Å². The first-order chi connectivity index (χ1) is 15.9. The molecule has 0 unspecified atom stereocenters. The van der Waals surface area contributed by atoms with Crippen molar-refractivity contribution in [2.45, 2.75) is 35.3 Å². The molecule has 5 rings (SSSR count). The van der Waals surface area contributed by atoms with E-state index in [0.29, 0.717) is 12.1 Å². The molecule has 0 N–H and O–H groups in total. The fraction of sp³-hybridized carbons (Fsp3) is 0.240. The predicted octanol–water partition coefficient (Wildman–Crippen LogP) is 3.44. The SMILES string of the molecule is COC(=O)N1[C@H]([Se]c2ccccc2)C[C@@H]2c3ccccc3N(S(=O)(=O)c3ccc(C)cc3)[C@@H]21. The molecule has 33 heavy (non-hydrogen) atoms. The Morgan fingerprint density at radius 3 is 2.33 bits per heavy atom. The summed E-state index contributed by atoms with van der Waals surface area (Å²) in [7, 11) is -2.55. The Morgan fingerprint density at radius 1 is 0.970 bits per heavy atom. The molecule has 0 bridgehead atoms. The first-order valence-corrected chi connectivity index (χ1v) is 14.0. The third-order valence-electron chi connectivity index (χ3n) is 6.20. The van der Waals surface area contributed by atoms with E-state index in [1.807, 2.05) is 49.4 Å². The van der Waals surface area contributed by atoms with Gasteiger partial charge in [0.25, 0.3) is 0 Å². The first kappa shape index (κ1) is 22.0. The van der Waals surface area contributed by atoms with Crippen molar-refractivity contribution < 1.29 is 17.9 Å². The number of fused-ring (bicyclic) bond motifs is 3. The van der Waals surface area contributed by atoms with Crippen LogP contribution < -0.4 is 8.77 Å². The van der Waals surface area contributed by atoms with Crippen LogP contribution in [0.3, 0.4) is 0 Å². The number of rotatable bonds is 4. The number of carbonyl (C=O) groups excluding carboxylic acids is 1. The molecule has 1 saturated heterocycles. The van der Waals surface area contributed by atoms with Crippen LogP contribution in [0, 0.1) is 6.92 Å². The number of hydrogen-bond acceptors (Lipinski definition) is 4. The Hall–Kier alpha value is -2.80. The van der Waals surface area contributed by atoms with Crippen LogP contribution in [0.25, 0.3) is 0 Å². The van der Waals surface area contributed by atoms with Gasteiger partial charge in [-0.2, -0.15) is 0 Å². The van der Waals surface area contributed by atoms with Crippen LogP contribution in [-0.4, -0.2) is 52.6 Å². The van der Waals surface area contributed by atoms with Crippen LogP contribution >= 0.6 is 0 Å². The molecule has 0 spiro atoms. The van der Waals surface area contributed by atoms with Gasteiger partial charge in [0.2, 0.25) is 0 Å². The van der Waals surface area contributed by atoms with Gasteiger partial charge in [0.15, 0.2) is 0 Å². The summed E-state index contributed by atoms with van der Waals surface area (Å²) in [6.07, 6.45) is -0.468. The molecule has 170 valence electrons. The predicted molar refractivity (Wildman–Crippen MR) is 128 cm³/mol. The molecule has 0 radical (unpaired) electrons. The zero-order valence-electron chi connectivity index (χ0n) is 18.3. The summed E-state index contributed by atoms with van der Waals surface area (Å²) >= 11 is -0.0615. The third kappa shape index (κ3) is 3.72. The molecule has 0 saturated carbocycles. The molecule has 1 fully saturated rings. The van der Waals surface area contributed by atoms with E-state index < -0.39 is 22.3 Å². The second-order valence-electron chi connectivity index (χ2n) is 8.19. The van der Waals surface area contributed by atoms with E-state index in [4.69, 9.17) is 4.74 Å². The van der Waals surface area contributed by atoms with Crippen molar-refractivity contribution in [3.63, 3.8) is 0 Å². The number of amides is 1. The minimum atomic E-state index is -3.90. The molecule has 3 aromatic carbocycles. The Morgan fingerprint density at radius 2 is 1.64 bits per heavy atom. The quantitative estimate of drug-likeness (QED) is 0.488. The first-order valence-electron chi connectivity index (χ1n) is 10.7. The van der Waals surface area contributed by atoms with Gasteiger partial charge in [-0.1, -0.05) is 0 Å². The number of anilines is 1. The third-order valence-corrected chi connectivity index (χ3v) is 10.6. The van der Waals surface area contributed by atoms with Crippen molar-refractivity contribution >= 4 is 41.2 Å². The van der Waals surface area contributed by atoms with Crippen molar-refractivity contribution in [2.24, 2.45) is 0 Å². The molecule has 3 atom stereocenters. The molecule has 2 aliphatic heterocycles. The van der Waals surface area contributed by atoms with E-state index in [0.717, 1.165) is 15.6 Å². The van der Waals surface area contributed by atoms with Crippen LogP contribution in [-0.2, 0) is 14.8 Å². The Balaban J connectivity index is 1.62. The number of hydrogen-bond donors (Lipinski definition) is 0. The molecule has 2 aliphatic rings. The van der Waals surface area contributed by atoms with Gasteiger partial charge in [-0.15, -0.1) is 0 Å². The summed E-state index contributed by atoms with van der Waals surface area (Å²) in [5.41, 5.74) is 2.57. The molecular formula is C25H24N2O4SSe. The van der Waals surface area contributed by atoms with Crippen LogP contribution in [0.2, 0.25) is 0 Å². The number of benzene rings is 3. The number of para-hydroxylation sites is 1. The van der Waals surface area contributed by atoms with Crippen molar-refractivity contribution in [3.8, 4) is 0 Å². The molecule has 3 aromatic rings. The number of aryl methyl sites for hydroxylation is 1. The fourth-order valence-corrected chi connectivity index (χ4v) is 9.01. The fourth-order valence-electron chi connectivity index (χ4n) is 4.71. The summed E-state index contributed by atoms with van der Waals surface area (Å²) in [5.74, 6) is -0.115. The van der Waals surface area contributed by atoms with Crippen LogP contribution in [0.1, 0.15) is 23.5 Å². The molecule has 6 nitrogen and oxygen atoms in total. The van der Waals surface area contributed by atoms with Gasteiger partial charge in [0.05, 0.1) is 0 Å². The molecular weight excluding hydrogens is 503 g/mol. The van der Waals surface area contributed by atoms with Crippen LogP contribution in [0.4, 0.5) is 10.5 Å². The van der Waals surface area contributed by atoms with E-state index >= 15 is 0 Å². The number of sulfonamides is 1. The molecule has 8 heteroatoms. The Kier molecular flexibility index (Phi) is 5.68. The number of carbonyl (C=O) groups is 1. The van der Waals surface area contributed by atoms with Gasteiger partial charge in [0.1, 0.15) is 0 Å². The zero-order chi connectivity index (χ0) is 23.2. The summed E-state index contributed by atoms with van der Waals surface area (Å²) in [6.45, 7) is 1.92. The summed E-state index contributed by atoms with van der Waals surface area (Å²) < 4.78 is 35.6. The van der Waals surface area contributed by atoms with Gasteiger partial charge in [-0.05, 0) is 0 Å². The molecule has 0 aliphatic carbocycles. The van der Waals surface area contributed by atoms with E-state index in [1.165, 1.54) is 11.4 Å². The number of methoxy groups -OCH3 is 1. The average molecular weight is 528 g/mol. The normalized spacial score (nSPS) is 21.6. The second kappa shape index (κ2) is 8.52. The number of ether oxygens (including phenoxy) is 1. The van der Waals surface area contributed by atoms with Crippen molar-refractivity contribution in [1.29, 1.82) is 0 Å². The Bertz CT molecular complexity index is 1280. The van der Waals surface area contributed by atoms with E-state index in [9.17, 15) is 13.2 Å². The Labute approximate surface area is 200 Å². The standard InChI is InChI=1S/C25H24N2O4SSe/c1-17-12-14-18(15-13-17)32(29,30)27-22-11-7-6-10-20(22)21-16-23(26(24(21)27)25(28)31-2)33-19-8-4-3-5-9-19/h3-15,21,23-24H,16H2,1-2H3/t21-,23-,24+/m1/s1. The van der Waals surface area contributed by atoms with E-state index in [2.05, 4.69) is 12.1 Å². The molecule has 0 aromatic heterocycles. The van der Waals surface area contributed by atoms with Crippen molar-refractivity contribution in [2.75, 3.05) is 11.4 Å².